The second-order valence-corrected chi connectivity index (χ2v) is 20.2. The fourth-order valence-corrected chi connectivity index (χ4v) is 9.48. The standard InChI is InChI=1S/C19H17Cl2F3N6O2S.C13H9Cl2F3N4O3S.C5H12N2.C4H10O3/c20-11-7-16(29-33(31,32)13-1-2-15(21)14(8-13)19(22,23)24)17(26-9-11)18-28-27-10-30(18)12-3-5-25-6-4-12;14-6-3-10(11(20-5-6)12(23)21-19)22-26(24,25)7-1-2-9(15)8(4-7)13(16,17)18;6-5-1-3-7-4-2-5;1-5-4(6-2)7-3/h1-2,7-10,12,25,29H,3-6H2;1-5,22H,19H2,(H,21,23);5,7H,1-4,6H2;4H,1-3H3. The van der Waals surface area contributed by atoms with Gasteiger partial charge in [-0.2, -0.15) is 26.3 Å². The molecular formula is C41H48Cl4F6N12O8S2. The quantitative estimate of drug-likeness (QED) is 0.0215. The molecule has 1 amide bonds. The van der Waals surface area contributed by atoms with Crippen LogP contribution in [0.5, 0.6) is 0 Å². The number of nitrogens with one attached hydrogen (secondary N) is 5. The number of pyridine rings is 2. The fourth-order valence-electron chi connectivity index (χ4n) is 6.54. The molecule has 0 unspecified atom stereocenters. The van der Waals surface area contributed by atoms with Gasteiger partial charge in [-0.3, -0.25) is 19.7 Å². The van der Waals surface area contributed by atoms with Crippen LogP contribution >= 0.6 is 46.4 Å². The van der Waals surface area contributed by atoms with E-state index < -0.39 is 81.4 Å². The second-order valence-electron chi connectivity index (χ2n) is 15.2. The van der Waals surface area contributed by atoms with Crippen LogP contribution in [-0.2, 0) is 46.6 Å². The van der Waals surface area contributed by atoms with Crippen molar-refractivity contribution in [2.75, 3.05) is 57.0 Å². The van der Waals surface area contributed by atoms with E-state index in [4.69, 9.17) is 58.0 Å². The number of aromatic nitrogens is 5. The highest BCUT2D eigenvalue weighted by Gasteiger charge is 2.36. The normalized spacial score (nSPS) is 14.7. The van der Waals surface area contributed by atoms with Crippen molar-refractivity contribution < 1.29 is 62.2 Å². The van der Waals surface area contributed by atoms with E-state index in [1.807, 2.05) is 4.72 Å². The number of benzene rings is 2. The number of nitrogen functional groups attached to an aromatic ring is 1. The van der Waals surface area contributed by atoms with Gasteiger partial charge in [0.2, 0.25) is 0 Å². The average Bonchev–Trinajstić information content (AvgIpc) is 3.82. The van der Waals surface area contributed by atoms with Gasteiger partial charge < -0.3 is 35.1 Å². The van der Waals surface area contributed by atoms with E-state index in [-0.39, 0.29) is 33.2 Å². The Hall–Kier alpha value is -4.69. The van der Waals surface area contributed by atoms with Crippen LogP contribution in [0.15, 0.2) is 77.0 Å². The highest BCUT2D eigenvalue weighted by atomic mass is 35.5. The first kappa shape index (κ1) is 60.9. The molecule has 2 aliphatic heterocycles. The Morgan fingerprint density at radius 2 is 1.18 bits per heavy atom. The molecule has 0 bridgehead atoms. The maximum Gasteiger partial charge on any atom is 0.417 e. The minimum Gasteiger partial charge on any atom is -0.333 e. The average molecular weight is 1160 g/mol. The number of hydrogen-bond donors (Lipinski definition) is 7. The molecule has 9 N–H and O–H groups in total. The molecule has 0 aliphatic carbocycles. The van der Waals surface area contributed by atoms with Crippen molar-refractivity contribution in [3.05, 3.63) is 104 Å². The molecule has 73 heavy (non-hydrogen) atoms. The molecule has 0 saturated carbocycles. The van der Waals surface area contributed by atoms with Crippen LogP contribution in [-0.4, -0.2) is 108 Å². The molecule has 2 aromatic carbocycles. The van der Waals surface area contributed by atoms with Crippen molar-refractivity contribution in [2.45, 2.75) is 66.4 Å². The molecule has 7 rings (SSSR count). The molecule has 0 spiro atoms. The Bertz CT molecular complexity index is 2850. The number of halogens is 10. The fraction of sp³-hybridized carbons (Fsp3) is 0.390. The molecule has 402 valence electrons. The lowest BCUT2D eigenvalue weighted by Crippen LogP contribution is -2.35. The van der Waals surface area contributed by atoms with Gasteiger partial charge in [0.05, 0.1) is 52.4 Å². The third kappa shape index (κ3) is 17.7. The predicted molar refractivity (Wildman–Crippen MR) is 260 cm³/mol. The van der Waals surface area contributed by atoms with E-state index in [0.29, 0.717) is 24.0 Å². The number of nitrogens with zero attached hydrogens (tertiary/aromatic N) is 5. The highest BCUT2D eigenvalue weighted by molar-refractivity contribution is 7.93. The lowest BCUT2D eigenvalue weighted by atomic mass is 10.1. The smallest absolute Gasteiger partial charge is 0.333 e. The van der Waals surface area contributed by atoms with Crippen molar-refractivity contribution in [3.8, 4) is 11.5 Å². The Kier molecular flexibility index (Phi) is 22.7. The number of carbonyl (C=O) groups excluding carboxylic acids is 1. The van der Waals surface area contributed by atoms with Crippen LogP contribution in [0.25, 0.3) is 11.5 Å². The molecular weight excluding hydrogens is 1110 g/mol. The Balaban J connectivity index is 0.000000254. The summed E-state index contributed by atoms with van der Waals surface area (Å²) < 4.78 is 149. The van der Waals surface area contributed by atoms with Gasteiger partial charge in [-0.25, -0.2) is 32.6 Å². The zero-order valence-electron chi connectivity index (χ0n) is 38.5. The summed E-state index contributed by atoms with van der Waals surface area (Å²) in [5, 5.41) is 13.4. The van der Waals surface area contributed by atoms with Crippen LogP contribution in [0.1, 0.15) is 53.3 Å². The molecule has 20 nitrogen and oxygen atoms in total. The first-order valence-electron chi connectivity index (χ1n) is 21.0. The molecule has 2 saturated heterocycles. The number of anilines is 2. The molecule has 0 atom stereocenters. The number of piperidine rings is 2. The van der Waals surface area contributed by atoms with E-state index >= 15 is 0 Å². The first-order chi connectivity index (χ1) is 34.3. The van der Waals surface area contributed by atoms with E-state index in [9.17, 15) is 48.0 Å². The van der Waals surface area contributed by atoms with E-state index in [1.54, 1.807) is 9.99 Å². The summed E-state index contributed by atoms with van der Waals surface area (Å²) in [7, 11) is -4.44. The molecule has 5 aromatic rings. The summed E-state index contributed by atoms with van der Waals surface area (Å²) in [6, 6.07) is 7.28. The largest absolute Gasteiger partial charge is 0.417 e. The van der Waals surface area contributed by atoms with Gasteiger partial charge in [0.25, 0.3) is 32.4 Å². The van der Waals surface area contributed by atoms with Gasteiger partial charge in [0, 0.05) is 45.8 Å². The zero-order chi connectivity index (χ0) is 54.3. The Morgan fingerprint density at radius 1 is 0.726 bits per heavy atom. The van der Waals surface area contributed by atoms with Crippen molar-refractivity contribution in [1.29, 1.82) is 0 Å². The third-order valence-electron chi connectivity index (χ3n) is 10.1. The maximum atomic E-state index is 13.2. The summed E-state index contributed by atoms with van der Waals surface area (Å²) in [6.45, 7) is 3.31. The van der Waals surface area contributed by atoms with Gasteiger partial charge in [-0.1, -0.05) is 46.4 Å². The number of sulfonamides is 2. The van der Waals surface area contributed by atoms with Crippen LogP contribution in [0, 0.1) is 0 Å². The molecule has 3 aromatic heterocycles. The van der Waals surface area contributed by atoms with Crippen molar-refractivity contribution in [1.82, 2.24) is 40.8 Å². The summed E-state index contributed by atoms with van der Waals surface area (Å²) in [5.74, 6) is 4.35. The minimum atomic E-state index is -4.86. The van der Waals surface area contributed by atoms with Gasteiger partial charge in [-0.05, 0) is 100 Å². The second kappa shape index (κ2) is 27.2. The van der Waals surface area contributed by atoms with Crippen LogP contribution in [0.2, 0.25) is 20.1 Å². The number of nitrogens with two attached hydrogens (primary N) is 2. The monoisotopic (exact) mass is 1150 g/mol. The van der Waals surface area contributed by atoms with Crippen LogP contribution in [0.3, 0.4) is 0 Å². The predicted octanol–water partition coefficient (Wildman–Crippen LogP) is 7.11. The topological polar surface area (TPSA) is 282 Å². The number of carbonyl (C=O) groups is 1. The summed E-state index contributed by atoms with van der Waals surface area (Å²) >= 11 is 22.8. The zero-order valence-corrected chi connectivity index (χ0v) is 43.1. The van der Waals surface area contributed by atoms with Gasteiger partial charge in [-0.15, -0.1) is 10.2 Å². The Labute approximate surface area is 435 Å². The number of amides is 1. The highest BCUT2D eigenvalue weighted by Crippen LogP contribution is 2.38. The summed E-state index contributed by atoms with van der Waals surface area (Å²) in [4.78, 5) is 18.2. The maximum absolute atomic E-state index is 13.2. The summed E-state index contributed by atoms with van der Waals surface area (Å²) in [6.07, 6.45) is -1.83. The molecule has 0 radical (unpaired) electrons. The number of methoxy groups -OCH3 is 3. The lowest BCUT2D eigenvalue weighted by Gasteiger charge is -2.25. The third-order valence-corrected chi connectivity index (χ3v) is 13.9. The molecule has 2 aliphatic rings. The van der Waals surface area contributed by atoms with Gasteiger partial charge >= 0.3 is 12.4 Å². The molecule has 5 heterocycles. The SMILES string of the molecule is COC(OC)OC.NC1CCNCC1.NNC(=O)c1ncc(Cl)cc1NS(=O)(=O)c1ccc(Cl)c(C(F)(F)F)c1.O=S(=O)(Nc1cc(Cl)cnc1-c1nncn1C1CCNCC1)c1ccc(Cl)c(C(F)(F)F)c1. The number of rotatable bonds is 12. The lowest BCUT2D eigenvalue weighted by molar-refractivity contribution is -0.252. The van der Waals surface area contributed by atoms with E-state index in [2.05, 4.69) is 49.7 Å². The van der Waals surface area contributed by atoms with Gasteiger partial charge in [0.1, 0.15) is 12.0 Å². The number of hydrazine groups is 1. The first-order valence-corrected chi connectivity index (χ1v) is 25.5. The van der Waals surface area contributed by atoms with Crippen molar-refractivity contribution in [2.24, 2.45) is 11.6 Å². The number of hydrogen-bond acceptors (Lipinski definition) is 16. The van der Waals surface area contributed by atoms with Gasteiger partial charge in [0.15, 0.2) is 11.5 Å². The number of ether oxygens (including phenoxy) is 3. The molecule has 2 fully saturated rings. The Morgan fingerprint density at radius 3 is 1.60 bits per heavy atom. The van der Waals surface area contributed by atoms with Crippen LogP contribution in [0.4, 0.5) is 37.7 Å². The van der Waals surface area contributed by atoms with Crippen molar-refractivity contribution >= 4 is 83.7 Å². The van der Waals surface area contributed by atoms with Crippen molar-refractivity contribution in [3.63, 3.8) is 0 Å². The van der Waals surface area contributed by atoms with E-state index in [1.165, 1.54) is 39.9 Å². The summed E-state index contributed by atoms with van der Waals surface area (Å²) in [5.41, 5.74) is 4.06. The minimum absolute atomic E-state index is 0.0247. The molecule has 32 heteroatoms. The van der Waals surface area contributed by atoms with E-state index in [0.717, 1.165) is 88.4 Å². The number of alkyl halides is 6. The van der Waals surface area contributed by atoms with Crippen LogP contribution < -0.4 is 37.1 Å².